The van der Waals surface area contributed by atoms with Gasteiger partial charge >= 0.3 is 0 Å². The van der Waals surface area contributed by atoms with Crippen molar-refractivity contribution in [3.05, 3.63) is 212 Å². The minimum absolute atomic E-state index is 1.12. The van der Waals surface area contributed by atoms with E-state index in [4.69, 9.17) is 0 Å². The Kier molecular flexibility index (Phi) is 7.75. The summed E-state index contributed by atoms with van der Waals surface area (Å²) in [7, 11) is 0. The molecule has 0 aliphatic rings. The zero-order valence-electron chi connectivity index (χ0n) is 30.6. The van der Waals surface area contributed by atoms with Gasteiger partial charge in [-0.25, -0.2) is 0 Å². The van der Waals surface area contributed by atoms with Crippen LogP contribution in [-0.4, -0.2) is 0 Å². The molecule has 0 radical (unpaired) electrons. The lowest BCUT2D eigenvalue weighted by Gasteiger charge is -2.26. The molecule has 11 aromatic rings. The first-order chi connectivity index (χ1) is 27.7. The molecule has 10 aromatic carbocycles. The summed E-state index contributed by atoms with van der Waals surface area (Å²) in [5, 5.41) is 10.3. The van der Waals surface area contributed by atoms with Gasteiger partial charge in [-0.15, -0.1) is 11.3 Å². The summed E-state index contributed by atoms with van der Waals surface area (Å²) < 4.78 is 2.60. The molecule has 0 aliphatic heterocycles. The fourth-order valence-electron chi connectivity index (χ4n) is 8.44. The van der Waals surface area contributed by atoms with E-state index in [1.165, 1.54) is 85.9 Å². The molecule has 0 N–H and O–H groups in total. The fraction of sp³-hybridized carbons (Fsp3) is 0. The third-order valence-electron chi connectivity index (χ3n) is 11.2. The predicted molar refractivity (Wildman–Crippen MR) is 243 cm³/mol. The number of fused-ring (bicyclic) bond motifs is 7. The highest BCUT2D eigenvalue weighted by Crippen LogP contribution is 2.42. The Morgan fingerprint density at radius 1 is 0.268 bits per heavy atom. The van der Waals surface area contributed by atoms with Crippen LogP contribution < -0.4 is 4.90 Å². The van der Waals surface area contributed by atoms with Gasteiger partial charge in [0.2, 0.25) is 0 Å². The van der Waals surface area contributed by atoms with Gasteiger partial charge in [0.05, 0.1) is 0 Å². The summed E-state index contributed by atoms with van der Waals surface area (Å²) in [5.74, 6) is 0. The van der Waals surface area contributed by atoms with E-state index >= 15 is 0 Å². The molecule has 56 heavy (non-hydrogen) atoms. The van der Waals surface area contributed by atoms with E-state index < -0.39 is 0 Å². The van der Waals surface area contributed by atoms with Crippen molar-refractivity contribution in [3.8, 4) is 33.4 Å². The quantitative estimate of drug-likeness (QED) is 0.154. The lowest BCUT2D eigenvalue weighted by atomic mass is 9.95. The molecule has 1 heterocycles. The van der Waals surface area contributed by atoms with Gasteiger partial charge < -0.3 is 4.90 Å². The summed E-state index contributed by atoms with van der Waals surface area (Å²) in [6.07, 6.45) is 0. The third-order valence-corrected chi connectivity index (χ3v) is 12.4. The molecular weight excluding hydrogens is 695 g/mol. The Morgan fingerprint density at radius 3 is 1.57 bits per heavy atom. The van der Waals surface area contributed by atoms with Crippen LogP contribution in [0.4, 0.5) is 17.1 Å². The summed E-state index contributed by atoms with van der Waals surface area (Å²) in [4.78, 5) is 2.39. The van der Waals surface area contributed by atoms with Crippen LogP contribution in [0.1, 0.15) is 0 Å². The number of nitrogens with zero attached hydrogens (tertiary/aromatic N) is 1. The van der Waals surface area contributed by atoms with Crippen molar-refractivity contribution in [1.82, 2.24) is 0 Å². The maximum absolute atomic E-state index is 2.39. The van der Waals surface area contributed by atoms with Crippen molar-refractivity contribution >= 4 is 80.9 Å². The number of benzene rings is 10. The zero-order chi connectivity index (χ0) is 37.0. The lowest BCUT2D eigenvalue weighted by Crippen LogP contribution is -2.09. The number of hydrogen-bond acceptors (Lipinski definition) is 2. The largest absolute Gasteiger partial charge is 0.310 e. The van der Waals surface area contributed by atoms with E-state index in [2.05, 4.69) is 217 Å². The maximum Gasteiger partial charge on any atom is 0.0476 e. The molecule has 2 heteroatoms. The first kappa shape index (κ1) is 32.4. The molecule has 11 rings (SSSR count). The van der Waals surface area contributed by atoms with Crippen LogP contribution >= 0.6 is 11.3 Å². The maximum atomic E-state index is 2.39. The molecule has 0 bridgehead atoms. The molecule has 0 aliphatic carbocycles. The lowest BCUT2D eigenvalue weighted by molar-refractivity contribution is 1.29. The van der Waals surface area contributed by atoms with Gasteiger partial charge in [-0.3, -0.25) is 0 Å². The second kappa shape index (κ2) is 13.4. The molecule has 0 amide bonds. The number of hydrogen-bond donors (Lipinski definition) is 0. The molecule has 262 valence electrons. The summed E-state index contributed by atoms with van der Waals surface area (Å²) in [5.41, 5.74) is 10.7. The first-order valence-electron chi connectivity index (χ1n) is 19.2. The first-order valence-corrected chi connectivity index (χ1v) is 20.0. The predicted octanol–water partition coefficient (Wildman–Crippen LogP) is 16.0. The standard InChI is InChI=1S/C54H35NS/c1-3-14-47-38(9-1)11-8-17-49(47)42-13-7-12-40(33-42)36-21-26-44(27-22-36)55(46-30-32-52-51-16-5-6-18-53(51)56-54(52)35-46)45-28-23-37(24-29-45)41-25-31-50-43(34-41)20-19-39-10-2-4-15-48(39)50/h1-35H. The monoisotopic (exact) mass is 729 g/mol. The summed E-state index contributed by atoms with van der Waals surface area (Å²) >= 11 is 1.86. The highest BCUT2D eigenvalue weighted by Gasteiger charge is 2.16. The number of anilines is 3. The Hall–Kier alpha value is -7.00. The van der Waals surface area contributed by atoms with Crippen LogP contribution in [0.5, 0.6) is 0 Å². The van der Waals surface area contributed by atoms with E-state index in [1.807, 2.05) is 11.3 Å². The van der Waals surface area contributed by atoms with Gasteiger partial charge in [-0.05, 0) is 120 Å². The summed E-state index contributed by atoms with van der Waals surface area (Å²) in [6.45, 7) is 0. The number of thiophene rings is 1. The molecule has 1 aromatic heterocycles. The van der Waals surface area contributed by atoms with E-state index in [0.717, 1.165) is 17.1 Å². The van der Waals surface area contributed by atoms with Crippen molar-refractivity contribution < 1.29 is 0 Å². The number of rotatable bonds is 6. The third kappa shape index (κ3) is 5.62. The Morgan fingerprint density at radius 2 is 0.786 bits per heavy atom. The topological polar surface area (TPSA) is 3.24 Å². The molecule has 0 unspecified atom stereocenters. The minimum Gasteiger partial charge on any atom is -0.310 e. The van der Waals surface area contributed by atoms with Crippen LogP contribution in [0.25, 0.3) is 85.9 Å². The van der Waals surface area contributed by atoms with Crippen molar-refractivity contribution in [3.63, 3.8) is 0 Å². The molecule has 0 fully saturated rings. The Bertz CT molecular complexity index is 3240. The van der Waals surface area contributed by atoms with Gasteiger partial charge in [0.1, 0.15) is 0 Å². The van der Waals surface area contributed by atoms with Crippen molar-refractivity contribution in [2.75, 3.05) is 4.90 Å². The highest BCUT2D eigenvalue weighted by atomic mass is 32.1. The van der Waals surface area contributed by atoms with Crippen LogP contribution in [-0.2, 0) is 0 Å². The molecule has 0 saturated carbocycles. The van der Waals surface area contributed by atoms with Crippen molar-refractivity contribution in [2.45, 2.75) is 0 Å². The highest BCUT2D eigenvalue weighted by molar-refractivity contribution is 7.25. The van der Waals surface area contributed by atoms with Crippen LogP contribution in [0.2, 0.25) is 0 Å². The second-order valence-corrected chi connectivity index (χ2v) is 15.6. The Labute approximate surface area is 330 Å². The smallest absolute Gasteiger partial charge is 0.0476 e. The SMILES string of the molecule is c1cc(-c2ccc(N(c3ccc(-c4ccc5c(ccc6ccccc65)c4)cc3)c3ccc4c(c3)sc3ccccc34)cc2)cc(-c2cccc3ccccc23)c1. The normalized spacial score (nSPS) is 11.6. The average Bonchev–Trinajstić information content (AvgIpc) is 3.64. The zero-order valence-corrected chi connectivity index (χ0v) is 31.4. The van der Waals surface area contributed by atoms with Gasteiger partial charge in [-0.2, -0.15) is 0 Å². The molecular formula is C54H35NS. The van der Waals surface area contributed by atoms with Gasteiger partial charge in [0.25, 0.3) is 0 Å². The molecule has 0 saturated heterocycles. The van der Waals surface area contributed by atoms with Gasteiger partial charge in [0.15, 0.2) is 0 Å². The fourth-order valence-corrected chi connectivity index (χ4v) is 9.58. The van der Waals surface area contributed by atoms with Gasteiger partial charge in [-0.1, -0.05) is 158 Å². The van der Waals surface area contributed by atoms with E-state index in [9.17, 15) is 0 Å². The van der Waals surface area contributed by atoms with Crippen LogP contribution in [0.15, 0.2) is 212 Å². The average molecular weight is 730 g/mol. The molecule has 1 nitrogen and oxygen atoms in total. The van der Waals surface area contributed by atoms with Gasteiger partial charge in [0, 0.05) is 37.2 Å². The second-order valence-electron chi connectivity index (χ2n) is 14.5. The minimum atomic E-state index is 1.12. The van der Waals surface area contributed by atoms with E-state index in [0.29, 0.717) is 0 Å². The molecule has 0 spiro atoms. The van der Waals surface area contributed by atoms with E-state index in [1.54, 1.807) is 0 Å². The Balaban J connectivity index is 0.977. The van der Waals surface area contributed by atoms with E-state index in [-0.39, 0.29) is 0 Å². The molecule has 0 atom stereocenters. The van der Waals surface area contributed by atoms with Crippen molar-refractivity contribution in [2.24, 2.45) is 0 Å². The summed E-state index contributed by atoms with van der Waals surface area (Å²) in [6, 6.07) is 77.7. The van der Waals surface area contributed by atoms with Crippen molar-refractivity contribution in [1.29, 1.82) is 0 Å². The van der Waals surface area contributed by atoms with Crippen LogP contribution in [0.3, 0.4) is 0 Å². The van der Waals surface area contributed by atoms with Crippen LogP contribution in [0, 0.1) is 0 Å².